The standard InChI is InChI=1S/C12H14N4O5S2/c13-15-22(17,18)11-5-1-3-9(7-11)21-10-4-2-6-12(8-10)23(19,20)16-14/h1-8,15-16H,13-14H2. The van der Waals surface area contributed by atoms with E-state index in [1.54, 1.807) is 9.66 Å². The van der Waals surface area contributed by atoms with Crippen molar-refractivity contribution in [2.45, 2.75) is 9.79 Å². The van der Waals surface area contributed by atoms with Crippen LogP contribution in [0.3, 0.4) is 0 Å². The lowest BCUT2D eigenvalue weighted by Gasteiger charge is -2.09. The molecule has 0 aliphatic carbocycles. The van der Waals surface area contributed by atoms with Crippen molar-refractivity contribution in [3.8, 4) is 11.5 Å². The molecule has 0 aromatic heterocycles. The number of nitrogens with two attached hydrogens (primary N) is 2. The third-order valence-corrected chi connectivity index (χ3v) is 5.15. The second-order valence-electron chi connectivity index (χ2n) is 4.29. The Morgan fingerprint density at radius 1 is 0.739 bits per heavy atom. The lowest BCUT2D eigenvalue weighted by molar-refractivity contribution is 0.478. The molecular formula is C12H14N4O5S2. The van der Waals surface area contributed by atoms with Crippen LogP contribution in [-0.2, 0) is 20.0 Å². The summed E-state index contributed by atoms with van der Waals surface area (Å²) in [5.74, 6) is 10.3. The van der Waals surface area contributed by atoms with E-state index in [2.05, 4.69) is 0 Å². The predicted molar refractivity (Wildman–Crippen MR) is 82.0 cm³/mol. The second kappa shape index (κ2) is 6.62. The number of hydrogen-bond donors (Lipinski definition) is 4. The summed E-state index contributed by atoms with van der Waals surface area (Å²) in [6.07, 6.45) is 0. The summed E-state index contributed by atoms with van der Waals surface area (Å²) in [5, 5.41) is 0. The fourth-order valence-electron chi connectivity index (χ4n) is 1.68. The number of sulfonamides is 2. The van der Waals surface area contributed by atoms with Crippen molar-refractivity contribution in [3.63, 3.8) is 0 Å². The largest absolute Gasteiger partial charge is 0.457 e. The van der Waals surface area contributed by atoms with Crippen molar-refractivity contribution in [3.05, 3.63) is 48.5 Å². The van der Waals surface area contributed by atoms with Crippen LogP contribution in [0.1, 0.15) is 0 Å². The maximum absolute atomic E-state index is 11.6. The molecule has 9 nitrogen and oxygen atoms in total. The molecule has 2 aromatic carbocycles. The molecule has 0 aliphatic rings. The highest BCUT2D eigenvalue weighted by molar-refractivity contribution is 7.89. The van der Waals surface area contributed by atoms with Crippen LogP contribution < -0.4 is 26.1 Å². The van der Waals surface area contributed by atoms with Gasteiger partial charge in [0.1, 0.15) is 11.5 Å². The number of nitrogens with one attached hydrogen (secondary N) is 2. The number of hydrazine groups is 2. The molecule has 23 heavy (non-hydrogen) atoms. The van der Waals surface area contributed by atoms with Crippen molar-refractivity contribution >= 4 is 20.0 Å². The third kappa shape index (κ3) is 4.04. The summed E-state index contributed by atoms with van der Waals surface area (Å²) in [5.41, 5.74) is 0. The molecule has 0 atom stereocenters. The molecule has 0 radical (unpaired) electrons. The van der Waals surface area contributed by atoms with E-state index in [1.165, 1.54) is 48.5 Å². The van der Waals surface area contributed by atoms with Gasteiger partial charge in [-0.1, -0.05) is 12.1 Å². The van der Waals surface area contributed by atoms with Crippen LogP contribution in [-0.4, -0.2) is 16.8 Å². The summed E-state index contributed by atoms with van der Waals surface area (Å²) in [6.45, 7) is 0. The number of benzene rings is 2. The lowest BCUT2D eigenvalue weighted by Crippen LogP contribution is -2.30. The van der Waals surface area contributed by atoms with Gasteiger partial charge in [-0.05, 0) is 24.3 Å². The normalized spacial score (nSPS) is 12.1. The molecule has 0 unspecified atom stereocenters. The highest BCUT2D eigenvalue weighted by Gasteiger charge is 2.14. The van der Waals surface area contributed by atoms with E-state index in [1.807, 2.05) is 0 Å². The Morgan fingerprint density at radius 2 is 1.13 bits per heavy atom. The van der Waals surface area contributed by atoms with E-state index in [0.29, 0.717) is 0 Å². The van der Waals surface area contributed by atoms with Crippen LogP contribution >= 0.6 is 0 Å². The average Bonchev–Trinajstić information content (AvgIpc) is 2.55. The van der Waals surface area contributed by atoms with E-state index >= 15 is 0 Å². The van der Waals surface area contributed by atoms with Crippen molar-refractivity contribution < 1.29 is 21.6 Å². The first kappa shape index (κ1) is 17.3. The van der Waals surface area contributed by atoms with Gasteiger partial charge in [0.2, 0.25) is 0 Å². The zero-order valence-corrected chi connectivity index (χ0v) is 13.3. The first-order valence-electron chi connectivity index (χ1n) is 6.11. The van der Waals surface area contributed by atoms with Crippen molar-refractivity contribution in [1.82, 2.24) is 9.66 Å². The van der Waals surface area contributed by atoms with Gasteiger partial charge in [0, 0.05) is 12.1 Å². The Kier molecular flexibility index (Phi) is 4.99. The lowest BCUT2D eigenvalue weighted by atomic mass is 10.3. The molecule has 0 aliphatic heterocycles. The first-order chi connectivity index (χ1) is 10.8. The molecule has 11 heteroatoms. The second-order valence-corrected chi connectivity index (χ2v) is 7.72. The quantitative estimate of drug-likeness (QED) is 0.411. The van der Waals surface area contributed by atoms with Crippen LogP contribution in [0, 0.1) is 0 Å². The maximum atomic E-state index is 11.6. The van der Waals surface area contributed by atoms with Gasteiger partial charge < -0.3 is 4.74 Å². The molecule has 0 bridgehead atoms. The molecule has 0 saturated carbocycles. The molecule has 0 heterocycles. The van der Waals surface area contributed by atoms with E-state index < -0.39 is 20.0 Å². The minimum absolute atomic E-state index is 0.0927. The Bertz CT molecular complexity index is 837. The number of ether oxygens (including phenoxy) is 1. The number of rotatable bonds is 6. The van der Waals surface area contributed by atoms with Crippen molar-refractivity contribution in [2.24, 2.45) is 11.7 Å². The van der Waals surface area contributed by atoms with Crippen LogP contribution in [0.5, 0.6) is 11.5 Å². The minimum atomic E-state index is -3.82. The van der Waals surface area contributed by atoms with E-state index in [0.717, 1.165) is 0 Å². The molecule has 0 saturated heterocycles. The fraction of sp³-hybridized carbons (Fsp3) is 0. The topological polar surface area (TPSA) is 154 Å². The molecular weight excluding hydrogens is 344 g/mol. The van der Waals surface area contributed by atoms with Gasteiger partial charge in [0.15, 0.2) is 0 Å². The third-order valence-electron chi connectivity index (χ3n) is 2.78. The summed E-state index contributed by atoms with van der Waals surface area (Å²) in [7, 11) is -7.65. The van der Waals surface area contributed by atoms with Gasteiger partial charge in [-0.25, -0.2) is 16.8 Å². The highest BCUT2D eigenvalue weighted by Crippen LogP contribution is 2.25. The molecule has 0 fully saturated rings. The van der Waals surface area contributed by atoms with Gasteiger partial charge in [-0.15, -0.1) is 0 Å². The van der Waals surface area contributed by atoms with Crippen LogP contribution in [0.2, 0.25) is 0 Å². The molecule has 0 spiro atoms. The Balaban J connectivity index is 2.34. The Morgan fingerprint density at radius 3 is 1.48 bits per heavy atom. The summed E-state index contributed by atoms with van der Waals surface area (Å²) < 4.78 is 52.0. The summed E-state index contributed by atoms with van der Waals surface area (Å²) >= 11 is 0. The van der Waals surface area contributed by atoms with Gasteiger partial charge in [0.05, 0.1) is 9.79 Å². The number of hydrogen-bond acceptors (Lipinski definition) is 7. The smallest absolute Gasteiger partial charge is 0.253 e. The van der Waals surface area contributed by atoms with Gasteiger partial charge in [0.25, 0.3) is 20.0 Å². The van der Waals surface area contributed by atoms with E-state index in [9.17, 15) is 16.8 Å². The molecule has 0 amide bonds. The summed E-state index contributed by atoms with van der Waals surface area (Å²) in [4.78, 5) is 3.22. The zero-order valence-electron chi connectivity index (χ0n) is 11.6. The average molecular weight is 358 g/mol. The van der Waals surface area contributed by atoms with Crippen molar-refractivity contribution in [2.75, 3.05) is 0 Å². The van der Waals surface area contributed by atoms with E-state index in [-0.39, 0.29) is 21.3 Å². The predicted octanol–water partition coefficient (Wildman–Crippen LogP) is -0.217. The molecule has 6 N–H and O–H groups in total. The highest BCUT2D eigenvalue weighted by atomic mass is 32.2. The van der Waals surface area contributed by atoms with Crippen LogP contribution in [0.25, 0.3) is 0 Å². The minimum Gasteiger partial charge on any atom is -0.457 e. The fourth-order valence-corrected chi connectivity index (χ4v) is 3.01. The SMILES string of the molecule is NNS(=O)(=O)c1cccc(Oc2cccc(S(=O)(=O)NN)c2)c1. The van der Waals surface area contributed by atoms with E-state index in [4.69, 9.17) is 16.4 Å². The monoisotopic (exact) mass is 358 g/mol. The maximum Gasteiger partial charge on any atom is 0.253 e. The summed E-state index contributed by atoms with van der Waals surface area (Å²) in [6, 6.07) is 11.1. The molecule has 2 aromatic rings. The first-order valence-corrected chi connectivity index (χ1v) is 9.08. The van der Waals surface area contributed by atoms with Crippen LogP contribution in [0.4, 0.5) is 0 Å². The zero-order chi connectivity index (χ0) is 17.1. The molecule has 2 rings (SSSR count). The Labute approximate surface area is 133 Å². The Hall–Kier alpha value is -2.02. The van der Waals surface area contributed by atoms with Crippen LogP contribution in [0.15, 0.2) is 58.3 Å². The molecule has 124 valence electrons. The van der Waals surface area contributed by atoms with Gasteiger partial charge in [-0.2, -0.15) is 9.66 Å². The van der Waals surface area contributed by atoms with Crippen molar-refractivity contribution in [1.29, 1.82) is 0 Å². The van der Waals surface area contributed by atoms with Gasteiger partial charge in [-0.3, -0.25) is 11.7 Å². The van der Waals surface area contributed by atoms with Gasteiger partial charge >= 0.3 is 0 Å².